The van der Waals surface area contributed by atoms with Crippen LogP contribution in [0.15, 0.2) is 0 Å². The molecular formula is C12H22. The molecule has 0 aromatic rings. The Labute approximate surface area is 76.7 Å². The molecule has 0 nitrogen and oxygen atoms in total. The van der Waals surface area contributed by atoms with Crippen molar-refractivity contribution in [3.8, 4) is 0 Å². The maximum absolute atomic E-state index is 2.48. The van der Waals surface area contributed by atoms with Crippen molar-refractivity contribution in [2.75, 3.05) is 0 Å². The van der Waals surface area contributed by atoms with E-state index in [1.807, 2.05) is 0 Å². The van der Waals surface area contributed by atoms with E-state index in [0.717, 1.165) is 11.8 Å². The average molecular weight is 166 g/mol. The molecule has 70 valence electrons. The third kappa shape index (κ3) is 1.20. The molecule has 2 saturated carbocycles. The highest BCUT2D eigenvalue weighted by molar-refractivity contribution is 5.09. The van der Waals surface area contributed by atoms with Gasteiger partial charge in [0.1, 0.15) is 0 Å². The van der Waals surface area contributed by atoms with E-state index in [4.69, 9.17) is 0 Å². The van der Waals surface area contributed by atoms with Gasteiger partial charge in [-0.3, -0.25) is 0 Å². The van der Waals surface area contributed by atoms with Crippen molar-refractivity contribution in [2.24, 2.45) is 22.7 Å². The molecule has 0 N–H and O–H groups in total. The van der Waals surface area contributed by atoms with Crippen LogP contribution in [0.1, 0.15) is 53.4 Å². The summed E-state index contributed by atoms with van der Waals surface area (Å²) in [7, 11) is 0. The van der Waals surface area contributed by atoms with Crippen LogP contribution >= 0.6 is 0 Å². The Morgan fingerprint density at radius 3 is 2.08 bits per heavy atom. The lowest BCUT2D eigenvalue weighted by atomic mass is 9.91. The molecule has 0 aliphatic heterocycles. The monoisotopic (exact) mass is 166 g/mol. The van der Waals surface area contributed by atoms with Gasteiger partial charge >= 0.3 is 0 Å². The molecule has 0 spiro atoms. The van der Waals surface area contributed by atoms with E-state index in [1.165, 1.54) is 25.7 Å². The lowest BCUT2D eigenvalue weighted by Crippen LogP contribution is -2.05. The first kappa shape index (κ1) is 8.59. The van der Waals surface area contributed by atoms with Gasteiger partial charge in [0, 0.05) is 0 Å². The molecule has 0 aromatic carbocycles. The molecule has 0 heteroatoms. The van der Waals surface area contributed by atoms with Crippen LogP contribution in [0.5, 0.6) is 0 Å². The van der Waals surface area contributed by atoms with Gasteiger partial charge in [-0.15, -0.1) is 0 Å². The second-order valence-electron chi connectivity index (χ2n) is 5.99. The smallest absolute Gasteiger partial charge is 0.0266 e. The van der Waals surface area contributed by atoms with Gasteiger partial charge in [-0.05, 0) is 41.9 Å². The minimum absolute atomic E-state index is 0.661. The maximum atomic E-state index is 2.48. The number of rotatable bonds is 3. The first-order chi connectivity index (χ1) is 5.48. The Balaban J connectivity index is 1.83. The van der Waals surface area contributed by atoms with Crippen molar-refractivity contribution in [1.29, 1.82) is 0 Å². The Morgan fingerprint density at radius 2 is 1.75 bits per heavy atom. The van der Waals surface area contributed by atoms with E-state index in [0.29, 0.717) is 10.8 Å². The standard InChI is InChI=1S/C12H22/c1-5-9-6-10(9)7-12(4)8-11(12,2)3/h9-10H,5-8H2,1-4H3. The zero-order valence-electron chi connectivity index (χ0n) is 8.98. The van der Waals surface area contributed by atoms with E-state index >= 15 is 0 Å². The predicted octanol–water partition coefficient (Wildman–Crippen LogP) is 3.86. The molecule has 0 amide bonds. The minimum atomic E-state index is 0.661. The fourth-order valence-corrected chi connectivity index (χ4v) is 2.92. The summed E-state index contributed by atoms with van der Waals surface area (Å²) in [5, 5.41) is 0. The molecule has 0 bridgehead atoms. The topological polar surface area (TPSA) is 0 Å². The predicted molar refractivity (Wildman–Crippen MR) is 53.0 cm³/mol. The van der Waals surface area contributed by atoms with Crippen LogP contribution < -0.4 is 0 Å². The van der Waals surface area contributed by atoms with Crippen molar-refractivity contribution in [1.82, 2.24) is 0 Å². The molecule has 2 fully saturated rings. The fourth-order valence-electron chi connectivity index (χ4n) is 2.92. The van der Waals surface area contributed by atoms with Crippen LogP contribution in [0.4, 0.5) is 0 Å². The molecule has 2 rings (SSSR count). The molecule has 0 aromatic heterocycles. The van der Waals surface area contributed by atoms with E-state index < -0.39 is 0 Å². The molecular weight excluding hydrogens is 144 g/mol. The van der Waals surface area contributed by atoms with E-state index in [-0.39, 0.29) is 0 Å². The summed E-state index contributed by atoms with van der Waals surface area (Å²) in [6.07, 6.45) is 5.93. The fraction of sp³-hybridized carbons (Fsp3) is 1.00. The molecule has 2 aliphatic rings. The van der Waals surface area contributed by atoms with Gasteiger partial charge in [0.2, 0.25) is 0 Å². The highest BCUT2D eigenvalue weighted by atomic mass is 14.6. The number of hydrogen-bond donors (Lipinski definition) is 0. The van der Waals surface area contributed by atoms with Crippen LogP contribution in [0.3, 0.4) is 0 Å². The van der Waals surface area contributed by atoms with Gasteiger partial charge in [-0.25, -0.2) is 0 Å². The van der Waals surface area contributed by atoms with Crippen LogP contribution in [0, 0.1) is 22.7 Å². The largest absolute Gasteiger partial charge is 0.0651 e. The Morgan fingerprint density at radius 1 is 1.17 bits per heavy atom. The quantitative estimate of drug-likeness (QED) is 0.597. The summed E-state index contributed by atoms with van der Waals surface area (Å²) < 4.78 is 0. The maximum Gasteiger partial charge on any atom is -0.0266 e. The van der Waals surface area contributed by atoms with E-state index in [1.54, 1.807) is 0 Å². The Kier molecular flexibility index (Phi) is 1.63. The molecule has 12 heavy (non-hydrogen) atoms. The first-order valence-electron chi connectivity index (χ1n) is 5.48. The molecule has 3 unspecified atom stereocenters. The molecule has 2 aliphatic carbocycles. The van der Waals surface area contributed by atoms with Crippen LogP contribution in [-0.4, -0.2) is 0 Å². The lowest BCUT2D eigenvalue weighted by Gasteiger charge is -2.14. The highest BCUT2D eigenvalue weighted by Gasteiger charge is 2.59. The van der Waals surface area contributed by atoms with Gasteiger partial charge in [0.05, 0.1) is 0 Å². The van der Waals surface area contributed by atoms with Crippen molar-refractivity contribution in [3.63, 3.8) is 0 Å². The second kappa shape index (κ2) is 2.27. The minimum Gasteiger partial charge on any atom is -0.0651 e. The number of hydrogen-bond acceptors (Lipinski definition) is 0. The molecule has 0 radical (unpaired) electrons. The van der Waals surface area contributed by atoms with Crippen LogP contribution in [0.25, 0.3) is 0 Å². The Hall–Kier alpha value is 0. The van der Waals surface area contributed by atoms with Crippen molar-refractivity contribution < 1.29 is 0 Å². The van der Waals surface area contributed by atoms with Gasteiger partial charge in [0.25, 0.3) is 0 Å². The first-order valence-corrected chi connectivity index (χ1v) is 5.48. The summed E-state index contributed by atoms with van der Waals surface area (Å²) in [5.74, 6) is 2.19. The lowest BCUT2D eigenvalue weighted by molar-refractivity contribution is 0.360. The average Bonchev–Trinajstić information content (AvgIpc) is 2.75. The van der Waals surface area contributed by atoms with Gasteiger partial charge in [-0.1, -0.05) is 34.1 Å². The summed E-state index contributed by atoms with van der Waals surface area (Å²) >= 11 is 0. The van der Waals surface area contributed by atoms with Crippen LogP contribution in [0.2, 0.25) is 0 Å². The summed E-state index contributed by atoms with van der Waals surface area (Å²) in [5.41, 5.74) is 1.37. The molecule has 0 heterocycles. The zero-order chi connectivity index (χ0) is 8.98. The zero-order valence-corrected chi connectivity index (χ0v) is 8.98. The summed E-state index contributed by atoms with van der Waals surface area (Å²) in [6.45, 7) is 9.68. The van der Waals surface area contributed by atoms with Crippen molar-refractivity contribution >= 4 is 0 Å². The van der Waals surface area contributed by atoms with Crippen molar-refractivity contribution in [2.45, 2.75) is 53.4 Å². The molecule has 3 atom stereocenters. The normalized spacial score (nSPS) is 49.0. The third-order valence-electron chi connectivity index (χ3n) is 4.65. The van der Waals surface area contributed by atoms with Gasteiger partial charge < -0.3 is 0 Å². The Bertz CT molecular complexity index is 192. The van der Waals surface area contributed by atoms with Gasteiger partial charge in [-0.2, -0.15) is 0 Å². The molecule has 0 saturated heterocycles. The highest BCUT2D eigenvalue weighted by Crippen LogP contribution is 2.68. The third-order valence-corrected chi connectivity index (χ3v) is 4.65. The second-order valence-corrected chi connectivity index (χ2v) is 5.99. The van der Waals surface area contributed by atoms with E-state index in [2.05, 4.69) is 27.7 Å². The van der Waals surface area contributed by atoms with Crippen molar-refractivity contribution in [3.05, 3.63) is 0 Å². The van der Waals surface area contributed by atoms with Gasteiger partial charge in [0.15, 0.2) is 0 Å². The summed E-state index contributed by atoms with van der Waals surface area (Å²) in [4.78, 5) is 0. The summed E-state index contributed by atoms with van der Waals surface area (Å²) in [6, 6.07) is 0. The van der Waals surface area contributed by atoms with E-state index in [9.17, 15) is 0 Å². The SMILES string of the molecule is CCC1CC1CC1(C)CC1(C)C. The van der Waals surface area contributed by atoms with Crippen LogP contribution in [-0.2, 0) is 0 Å².